The lowest BCUT2D eigenvalue weighted by molar-refractivity contribution is -0.141. The van der Waals surface area contributed by atoms with Gasteiger partial charge in [0.2, 0.25) is 11.8 Å². The lowest BCUT2D eigenvalue weighted by Gasteiger charge is -2.39. The van der Waals surface area contributed by atoms with Gasteiger partial charge in [0.05, 0.1) is 17.7 Å². The Morgan fingerprint density at radius 2 is 2.00 bits per heavy atom. The van der Waals surface area contributed by atoms with Gasteiger partial charge >= 0.3 is 0 Å². The Morgan fingerprint density at radius 1 is 1.29 bits per heavy atom. The van der Waals surface area contributed by atoms with Crippen molar-refractivity contribution in [2.24, 2.45) is 5.41 Å². The highest BCUT2D eigenvalue weighted by atomic mass is 19.1. The first kappa shape index (κ1) is 22.9. The minimum absolute atomic E-state index is 0.00450. The number of carbonyl (C=O) groups is 2. The zero-order valence-electron chi connectivity index (χ0n) is 18.8. The molecule has 2 aromatic rings. The Bertz CT molecular complexity index is 907. The van der Waals surface area contributed by atoms with Crippen LogP contribution >= 0.6 is 0 Å². The summed E-state index contributed by atoms with van der Waals surface area (Å²) in [6, 6.07) is 6.29. The van der Waals surface area contributed by atoms with Gasteiger partial charge in [0, 0.05) is 37.4 Å². The number of amides is 2. The average Bonchev–Trinajstić information content (AvgIpc) is 3.05. The van der Waals surface area contributed by atoms with E-state index >= 15 is 0 Å². The van der Waals surface area contributed by atoms with E-state index in [1.807, 2.05) is 32.7 Å². The number of piperidine rings is 1. The van der Waals surface area contributed by atoms with Crippen molar-refractivity contribution in [1.82, 2.24) is 25.3 Å². The van der Waals surface area contributed by atoms with Crippen molar-refractivity contribution in [3.63, 3.8) is 0 Å². The van der Waals surface area contributed by atoms with Gasteiger partial charge in [0.15, 0.2) is 0 Å². The molecule has 0 aliphatic carbocycles. The molecule has 1 unspecified atom stereocenters. The SMILES string of the molecule is Cc1n[nH]c(C)c1CNC(=O)C1(C)CCCN(C(=O)CN(C)Cc2ccc(F)cc2)C1. The van der Waals surface area contributed by atoms with E-state index in [2.05, 4.69) is 15.5 Å². The van der Waals surface area contributed by atoms with E-state index in [-0.39, 0.29) is 24.2 Å². The number of H-pyrrole nitrogens is 1. The van der Waals surface area contributed by atoms with Gasteiger partial charge in [-0.1, -0.05) is 12.1 Å². The predicted molar refractivity (Wildman–Crippen MR) is 117 cm³/mol. The van der Waals surface area contributed by atoms with Crippen LogP contribution < -0.4 is 5.32 Å². The highest BCUT2D eigenvalue weighted by Gasteiger charge is 2.39. The number of hydrogen-bond donors (Lipinski definition) is 2. The van der Waals surface area contributed by atoms with Gasteiger partial charge in [0.25, 0.3) is 0 Å². The Kier molecular flexibility index (Phi) is 7.10. The van der Waals surface area contributed by atoms with Gasteiger partial charge in [-0.05, 0) is 58.4 Å². The van der Waals surface area contributed by atoms with Gasteiger partial charge in [-0.25, -0.2) is 4.39 Å². The van der Waals surface area contributed by atoms with Crippen molar-refractivity contribution in [3.05, 3.63) is 52.6 Å². The molecule has 2 amide bonds. The van der Waals surface area contributed by atoms with E-state index in [0.717, 1.165) is 35.4 Å². The number of aromatic nitrogens is 2. The van der Waals surface area contributed by atoms with Crippen LogP contribution in [0.3, 0.4) is 0 Å². The number of likely N-dealkylation sites (tertiary alicyclic amines) is 1. The third-order valence-corrected chi connectivity index (χ3v) is 6.07. The number of halogens is 1. The standard InChI is InChI=1S/C23H32FN5O2/c1-16-20(17(2)27-26-16)12-25-22(31)23(3)10-5-11-29(15-23)21(30)14-28(4)13-18-6-8-19(24)9-7-18/h6-9H,5,10-15H2,1-4H3,(H,25,31)(H,26,27). The lowest BCUT2D eigenvalue weighted by atomic mass is 9.80. The molecule has 1 aromatic heterocycles. The lowest BCUT2D eigenvalue weighted by Crippen LogP contribution is -2.53. The van der Waals surface area contributed by atoms with E-state index in [9.17, 15) is 14.0 Å². The third kappa shape index (κ3) is 5.70. The molecular weight excluding hydrogens is 397 g/mol. The number of aromatic amines is 1. The van der Waals surface area contributed by atoms with Crippen molar-refractivity contribution in [2.45, 2.75) is 46.7 Å². The molecule has 1 fully saturated rings. The predicted octanol–water partition coefficient (Wildman–Crippen LogP) is 2.54. The van der Waals surface area contributed by atoms with Crippen LogP contribution in [0.2, 0.25) is 0 Å². The number of likely N-dealkylation sites (N-methyl/N-ethyl adjacent to an activating group) is 1. The number of nitrogens with one attached hydrogen (secondary N) is 2. The average molecular weight is 430 g/mol. The second-order valence-electron chi connectivity index (χ2n) is 8.87. The van der Waals surface area contributed by atoms with Gasteiger partial charge in [-0.15, -0.1) is 0 Å². The number of aryl methyl sites for hydroxylation is 2. The number of benzene rings is 1. The van der Waals surface area contributed by atoms with Crippen LogP contribution in [-0.4, -0.2) is 58.5 Å². The molecule has 31 heavy (non-hydrogen) atoms. The van der Waals surface area contributed by atoms with Crippen molar-refractivity contribution in [1.29, 1.82) is 0 Å². The molecule has 1 aromatic carbocycles. The van der Waals surface area contributed by atoms with Crippen LogP contribution in [0.15, 0.2) is 24.3 Å². The van der Waals surface area contributed by atoms with E-state index in [0.29, 0.717) is 26.2 Å². The fourth-order valence-electron chi connectivity index (χ4n) is 4.14. The Hall–Kier alpha value is -2.74. The van der Waals surface area contributed by atoms with Crippen LogP contribution in [0.4, 0.5) is 4.39 Å². The van der Waals surface area contributed by atoms with Gasteiger partial charge in [-0.3, -0.25) is 19.6 Å². The molecule has 2 heterocycles. The normalized spacial score (nSPS) is 19.0. The number of hydrogen-bond acceptors (Lipinski definition) is 4. The summed E-state index contributed by atoms with van der Waals surface area (Å²) in [6.45, 7) is 8.08. The van der Waals surface area contributed by atoms with Gasteiger partial charge < -0.3 is 10.2 Å². The molecule has 8 heteroatoms. The second kappa shape index (κ2) is 9.60. The topological polar surface area (TPSA) is 81.3 Å². The molecule has 0 saturated carbocycles. The van der Waals surface area contributed by atoms with Crippen molar-refractivity contribution >= 4 is 11.8 Å². The maximum Gasteiger partial charge on any atom is 0.236 e. The van der Waals surface area contributed by atoms with Crippen LogP contribution in [0.25, 0.3) is 0 Å². The smallest absolute Gasteiger partial charge is 0.236 e. The van der Waals surface area contributed by atoms with Crippen LogP contribution in [-0.2, 0) is 22.7 Å². The van der Waals surface area contributed by atoms with Gasteiger partial charge in [0.1, 0.15) is 5.82 Å². The van der Waals surface area contributed by atoms with Crippen LogP contribution in [0, 0.1) is 25.1 Å². The first-order chi connectivity index (χ1) is 14.7. The summed E-state index contributed by atoms with van der Waals surface area (Å²) in [4.78, 5) is 29.6. The maximum atomic E-state index is 13.1. The zero-order valence-corrected chi connectivity index (χ0v) is 18.8. The fraction of sp³-hybridized carbons (Fsp3) is 0.522. The summed E-state index contributed by atoms with van der Waals surface area (Å²) in [6.07, 6.45) is 1.54. The third-order valence-electron chi connectivity index (χ3n) is 6.07. The minimum Gasteiger partial charge on any atom is -0.351 e. The van der Waals surface area contributed by atoms with E-state index in [1.54, 1.807) is 17.0 Å². The molecule has 0 spiro atoms. The number of carbonyl (C=O) groups excluding carboxylic acids is 2. The minimum atomic E-state index is -0.616. The Morgan fingerprint density at radius 3 is 2.65 bits per heavy atom. The summed E-state index contributed by atoms with van der Waals surface area (Å²) in [7, 11) is 1.87. The summed E-state index contributed by atoms with van der Waals surface area (Å²) >= 11 is 0. The Balaban J connectivity index is 1.54. The fourth-order valence-corrected chi connectivity index (χ4v) is 4.14. The van der Waals surface area contributed by atoms with E-state index in [4.69, 9.17) is 0 Å². The first-order valence-corrected chi connectivity index (χ1v) is 10.7. The summed E-state index contributed by atoms with van der Waals surface area (Å²) in [5, 5.41) is 10.1. The molecular formula is C23H32FN5O2. The second-order valence-corrected chi connectivity index (χ2v) is 8.87. The van der Waals surface area contributed by atoms with Gasteiger partial charge in [-0.2, -0.15) is 5.10 Å². The largest absolute Gasteiger partial charge is 0.351 e. The van der Waals surface area contributed by atoms with E-state index in [1.165, 1.54) is 12.1 Å². The molecule has 1 aliphatic heterocycles. The quantitative estimate of drug-likeness (QED) is 0.709. The number of nitrogens with zero attached hydrogens (tertiary/aromatic N) is 3. The molecule has 3 rings (SSSR count). The Labute approximate surface area is 183 Å². The molecule has 1 saturated heterocycles. The summed E-state index contributed by atoms with van der Waals surface area (Å²) < 4.78 is 13.1. The van der Waals surface area contributed by atoms with Crippen molar-refractivity contribution in [3.8, 4) is 0 Å². The molecule has 7 nitrogen and oxygen atoms in total. The van der Waals surface area contributed by atoms with Crippen molar-refractivity contribution in [2.75, 3.05) is 26.7 Å². The van der Waals surface area contributed by atoms with E-state index < -0.39 is 5.41 Å². The highest BCUT2D eigenvalue weighted by molar-refractivity contribution is 5.84. The maximum absolute atomic E-state index is 13.1. The molecule has 2 N–H and O–H groups in total. The van der Waals surface area contributed by atoms with Crippen LogP contribution in [0.1, 0.15) is 42.3 Å². The molecule has 1 atom stereocenters. The monoisotopic (exact) mass is 429 g/mol. The van der Waals surface area contributed by atoms with Crippen LogP contribution in [0.5, 0.6) is 0 Å². The summed E-state index contributed by atoms with van der Waals surface area (Å²) in [5.74, 6) is -0.305. The number of rotatable bonds is 7. The first-order valence-electron chi connectivity index (χ1n) is 10.7. The molecule has 168 valence electrons. The zero-order chi connectivity index (χ0) is 22.6. The van der Waals surface area contributed by atoms with Crippen molar-refractivity contribution < 1.29 is 14.0 Å². The summed E-state index contributed by atoms with van der Waals surface area (Å²) in [5.41, 5.74) is 3.17. The molecule has 1 aliphatic rings. The molecule has 0 radical (unpaired) electrons. The molecule has 0 bridgehead atoms. The highest BCUT2D eigenvalue weighted by Crippen LogP contribution is 2.30.